The number of amides is 1. The van der Waals surface area contributed by atoms with E-state index in [0.29, 0.717) is 17.5 Å². The summed E-state index contributed by atoms with van der Waals surface area (Å²) in [7, 11) is 0. The summed E-state index contributed by atoms with van der Waals surface area (Å²) in [5.41, 5.74) is 5.96. The molecule has 116 valence electrons. The van der Waals surface area contributed by atoms with Gasteiger partial charge in [0, 0.05) is 25.3 Å². The Morgan fingerprint density at radius 1 is 1.52 bits per heavy atom. The molecule has 1 aliphatic heterocycles. The van der Waals surface area contributed by atoms with Crippen molar-refractivity contribution in [1.29, 1.82) is 0 Å². The Bertz CT molecular complexity index is 469. The maximum atomic E-state index is 11.5. The number of carbonyl (C=O) groups is 1. The van der Waals surface area contributed by atoms with E-state index in [1.165, 1.54) is 6.42 Å². The number of pyridine rings is 1. The van der Waals surface area contributed by atoms with Crippen LogP contribution in [0.25, 0.3) is 0 Å². The number of primary amides is 1. The van der Waals surface area contributed by atoms with Crippen molar-refractivity contribution >= 4 is 11.7 Å². The van der Waals surface area contributed by atoms with Gasteiger partial charge < -0.3 is 16.0 Å². The van der Waals surface area contributed by atoms with Crippen molar-refractivity contribution in [2.45, 2.75) is 39.2 Å². The van der Waals surface area contributed by atoms with Crippen LogP contribution in [-0.2, 0) is 0 Å². The van der Waals surface area contributed by atoms with Crippen LogP contribution >= 0.6 is 0 Å². The molecule has 2 heterocycles. The first-order chi connectivity index (χ1) is 10.1. The number of nitrogens with zero attached hydrogens (tertiary/aromatic N) is 2. The van der Waals surface area contributed by atoms with E-state index in [1.54, 1.807) is 18.3 Å². The van der Waals surface area contributed by atoms with Crippen molar-refractivity contribution in [3.05, 3.63) is 23.9 Å². The third kappa shape index (κ3) is 3.94. The van der Waals surface area contributed by atoms with Crippen LogP contribution in [0.4, 0.5) is 5.82 Å². The molecule has 0 spiro atoms. The minimum absolute atomic E-state index is 0.404. The van der Waals surface area contributed by atoms with Crippen LogP contribution in [0.1, 0.15) is 43.5 Å². The highest BCUT2D eigenvalue weighted by molar-refractivity contribution is 5.97. The van der Waals surface area contributed by atoms with E-state index in [9.17, 15) is 4.79 Å². The van der Waals surface area contributed by atoms with Gasteiger partial charge in [0.1, 0.15) is 5.82 Å². The van der Waals surface area contributed by atoms with Crippen molar-refractivity contribution in [2.75, 3.05) is 24.5 Å². The van der Waals surface area contributed by atoms with E-state index in [-0.39, 0.29) is 0 Å². The predicted molar refractivity (Wildman–Crippen MR) is 85.4 cm³/mol. The van der Waals surface area contributed by atoms with Gasteiger partial charge in [-0.25, -0.2) is 4.98 Å². The van der Waals surface area contributed by atoms with Crippen LogP contribution < -0.4 is 16.0 Å². The number of aromatic nitrogens is 1. The molecule has 0 aromatic carbocycles. The summed E-state index contributed by atoms with van der Waals surface area (Å²) in [6.07, 6.45) is 5.12. The van der Waals surface area contributed by atoms with Crippen molar-refractivity contribution in [3.63, 3.8) is 0 Å². The molecule has 1 aromatic heterocycles. The van der Waals surface area contributed by atoms with Gasteiger partial charge >= 0.3 is 0 Å². The SMILES string of the molecule is CCCNC(C)C1CCN(c2ncccc2C(N)=O)CC1. The summed E-state index contributed by atoms with van der Waals surface area (Å²) in [5, 5.41) is 3.58. The maximum absolute atomic E-state index is 11.5. The Labute approximate surface area is 126 Å². The van der Waals surface area contributed by atoms with Crippen LogP contribution in [0.15, 0.2) is 18.3 Å². The fraction of sp³-hybridized carbons (Fsp3) is 0.625. The van der Waals surface area contributed by atoms with Crippen molar-refractivity contribution < 1.29 is 4.79 Å². The van der Waals surface area contributed by atoms with Gasteiger partial charge in [0.15, 0.2) is 0 Å². The average molecular weight is 290 g/mol. The first-order valence-corrected chi connectivity index (χ1v) is 7.86. The fourth-order valence-corrected chi connectivity index (χ4v) is 2.99. The number of carbonyl (C=O) groups excluding carboxylic acids is 1. The van der Waals surface area contributed by atoms with Gasteiger partial charge in [-0.2, -0.15) is 0 Å². The predicted octanol–water partition coefficient (Wildman–Crippen LogP) is 1.78. The molecule has 0 aliphatic carbocycles. The highest BCUT2D eigenvalue weighted by atomic mass is 16.1. The zero-order valence-electron chi connectivity index (χ0n) is 13.0. The summed E-state index contributed by atoms with van der Waals surface area (Å²) < 4.78 is 0. The van der Waals surface area contributed by atoms with E-state index < -0.39 is 5.91 Å². The van der Waals surface area contributed by atoms with Crippen LogP contribution in [0.5, 0.6) is 0 Å². The summed E-state index contributed by atoms with van der Waals surface area (Å²) in [4.78, 5) is 18.0. The molecule has 5 heteroatoms. The minimum Gasteiger partial charge on any atom is -0.365 e. The Morgan fingerprint density at radius 3 is 2.86 bits per heavy atom. The summed E-state index contributed by atoms with van der Waals surface area (Å²) in [6.45, 7) is 7.40. The van der Waals surface area contributed by atoms with E-state index in [4.69, 9.17) is 5.73 Å². The molecule has 3 N–H and O–H groups in total. The van der Waals surface area contributed by atoms with Crippen LogP contribution in [0.3, 0.4) is 0 Å². The molecule has 5 nitrogen and oxygen atoms in total. The molecule has 0 saturated carbocycles. The monoisotopic (exact) mass is 290 g/mol. The molecule has 1 atom stereocenters. The third-order valence-electron chi connectivity index (χ3n) is 4.31. The number of hydrogen-bond acceptors (Lipinski definition) is 4. The van der Waals surface area contributed by atoms with Gasteiger partial charge in [0.05, 0.1) is 5.56 Å². The Kier molecular flexibility index (Phi) is 5.56. The second kappa shape index (κ2) is 7.41. The molecule has 1 aromatic rings. The molecule has 0 radical (unpaired) electrons. The van der Waals surface area contributed by atoms with Crippen molar-refractivity contribution in [3.8, 4) is 0 Å². The number of nitrogens with one attached hydrogen (secondary N) is 1. The van der Waals surface area contributed by atoms with E-state index in [0.717, 1.165) is 38.3 Å². The molecule has 1 unspecified atom stereocenters. The van der Waals surface area contributed by atoms with Gasteiger partial charge in [-0.15, -0.1) is 0 Å². The van der Waals surface area contributed by atoms with Gasteiger partial charge in [-0.05, 0) is 50.8 Å². The van der Waals surface area contributed by atoms with E-state index in [1.807, 2.05) is 0 Å². The number of piperidine rings is 1. The topological polar surface area (TPSA) is 71.2 Å². The molecule has 2 rings (SSSR count). The lowest BCUT2D eigenvalue weighted by atomic mass is 9.90. The molecule has 1 amide bonds. The zero-order valence-corrected chi connectivity index (χ0v) is 13.0. The molecular formula is C16H26N4O. The molecule has 1 aliphatic rings. The minimum atomic E-state index is -0.404. The van der Waals surface area contributed by atoms with Gasteiger partial charge in [-0.3, -0.25) is 4.79 Å². The molecule has 1 saturated heterocycles. The number of anilines is 1. The van der Waals surface area contributed by atoms with Gasteiger partial charge in [-0.1, -0.05) is 6.92 Å². The lowest BCUT2D eigenvalue weighted by Gasteiger charge is -2.36. The fourth-order valence-electron chi connectivity index (χ4n) is 2.99. The highest BCUT2D eigenvalue weighted by Crippen LogP contribution is 2.26. The second-order valence-electron chi connectivity index (χ2n) is 5.81. The van der Waals surface area contributed by atoms with E-state index in [2.05, 4.69) is 29.0 Å². The number of nitrogens with two attached hydrogens (primary N) is 1. The zero-order chi connectivity index (χ0) is 15.2. The smallest absolute Gasteiger partial charge is 0.252 e. The van der Waals surface area contributed by atoms with Crippen LogP contribution in [0, 0.1) is 5.92 Å². The second-order valence-corrected chi connectivity index (χ2v) is 5.81. The average Bonchev–Trinajstić information content (AvgIpc) is 2.52. The first kappa shape index (κ1) is 15.8. The number of rotatable bonds is 6. The van der Waals surface area contributed by atoms with Crippen molar-refractivity contribution in [2.24, 2.45) is 11.7 Å². The molecular weight excluding hydrogens is 264 g/mol. The molecule has 21 heavy (non-hydrogen) atoms. The summed E-state index contributed by atoms with van der Waals surface area (Å²) in [6, 6.07) is 4.06. The van der Waals surface area contributed by atoms with Crippen LogP contribution in [-0.4, -0.2) is 36.6 Å². The Morgan fingerprint density at radius 2 is 2.24 bits per heavy atom. The van der Waals surface area contributed by atoms with Crippen LogP contribution in [0.2, 0.25) is 0 Å². The van der Waals surface area contributed by atoms with Crippen molar-refractivity contribution in [1.82, 2.24) is 10.3 Å². The lowest BCUT2D eigenvalue weighted by Crippen LogP contribution is -2.43. The molecule has 0 bridgehead atoms. The normalized spacial score (nSPS) is 17.7. The Hall–Kier alpha value is -1.62. The largest absolute Gasteiger partial charge is 0.365 e. The first-order valence-electron chi connectivity index (χ1n) is 7.86. The third-order valence-corrected chi connectivity index (χ3v) is 4.31. The number of hydrogen-bond donors (Lipinski definition) is 2. The summed E-state index contributed by atoms with van der Waals surface area (Å²) >= 11 is 0. The lowest BCUT2D eigenvalue weighted by molar-refractivity contribution is 0.100. The van der Waals surface area contributed by atoms with Gasteiger partial charge in [0.25, 0.3) is 5.91 Å². The maximum Gasteiger partial charge on any atom is 0.252 e. The Balaban J connectivity index is 1.97. The van der Waals surface area contributed by atoms with Gasteiger partial charge in [0.2, 0.25) is 0 Å². The quantitative estimate of drug-likeness (QED) is 0.838. The summed E-state index contributed by atoms with van der Waals surface area (Å²) in [5.74, 6) is 1.02. The molecule has 1 fully saturated rings. The highest BCUT2D eigenvalue weighted by Gasteiger charge is 2.25. The van der Waals surface area contributed by atoms with E-state index >= 15 is 0 Å². The standard InChI is InChI=1S/C16H26N4O/c1-3-8-18-12(2)13-6-10-20(11-7-13)16-14(15(17)21)5-4-9-19-16/h4-5,9,12-13,18H,3,6-8,10-11H2,1-2H3,(H2,17,21).